The minimum absolute atomic E-state index is 0.0175. The average Bonchev–Trinajstić information content (AvgIpc) is 2.52. The van der Waals surface area contributed by atoms with Gasteiger partial charge in [-0.15, -0.1) is 0 Å². The molecule has 0 spiro atoms. The smallest absolute Gasteiger partial charge is 0.421 e. The summed E-state index contributed by atoms with van der Waals surface area (Å²) in [5, 5.41) is 0.863. The second-order valence-corrected chi connectivity index (χ2v) is 12.7. The molecule has 5 heteroatoms. The standard InChI is InChI=1S/C19H28N2O2Si/c1-7-11-16(24(5,6)19(2,3)4)17(21-20)18(22)23-14-15-12-9-8-10-13-15/h8-13H,7,14H2,1-6H3/b16-11-. The van der Waals surface area contributed by atoms with Crippen molar-refractivity contribution in [1.29, 1.82) is 0 Å². The molecule has 0 saturated heterocycles. The van der Waals surface area contributed by atoms with Crippen LogP contribution in [0.1, 0.15) is 39.7 Å². The summed E-state index contributed by atoms with van der Waals surface area (Å²) < 4.78 is 5.37. The van der Waals surface area contributed by atoms with Crippen LogP contribution in [0.5, 0.6) is 0 Å². The van der Waals surface area contributed by atoms with Crippen LogP contribution in [0.25, 0.3) is 5.53 Å². The number of hydrogen-bond donors (Lipinski definition) is 0. The van der Waals surface area contributed by atoms with Crippen molar-refractivity contribution in [3.8, 4) is 0 Å². The van der Waals surface area contributed by atoms with Crippen LogP contribution >= 0.6 is 0 Å². The molecule has 0 fully saturated rings. The van der Waals surface area contributed by atoms with Gasteiger partial charge in [-0.25, -0.2) is 4.79 Å². The molecule has 0 N–H and O–H groups in total. The van der Waals surface area contributed by atoms with Crippen molar-refractivity contribution in [3.05, 3.63) is 52.7 Å². The minimum Gasteiger partial charge on any atom is -0.452 e. The SMILES string of the molecule is CC/C=C(/C(=[N+]=[N-])C(=O)OCc1ccccc1)[Si](C)(C)C(C)(C)C. The van der Waals surface area contributed by atoms with Gasteiger partial charge in [0.1, 0.15) is 6.61 Å². The van der Waals surface area contributed by atoms with Gasteiger partial charge < -0.3 is 10.3 Å². The lowest BCUT2D eigenvalue weighted by Crippen LogP contribution is -2.45. The highest BCUT2D eigenvalue weighted by molar-refractivity contribution is 6.92. The lowest BCUT2D eigenvalue weighted by atomic mass is 10.2. The predicted octanol–water partition coefficient (Wildman–Crippen LogP) is 4.78. The molecule has 0 atom stereocenters. The summed E-state index contributed by atoms with van der Waals surface area (Å²) in [6, 6.07) is 9.47. The number of esters is 1. The fraction of sp³-hybridized carbons (Fsp3) is 0.474. The van der Waals surface area contributed by atoms with Crippen molar-refractivity contribution in [2.24, 2.45) is 0 Å². The van der Waals surface area contributed by atoms with Gasteiger partial charge >= 0.3 is 11.7 Å². The molecule has 130 valence electrons. The second kappa shape index (κ2) is 8.22. The highest BCUT2D eigenvalue weighted by Crippen LogP contribution is 2.41. The third-order valence-corrected chi connectivity index (χ3v) is 10.3. The number of ether oxygens (including phenoxy) is 1. The van der Waals surface area contributed by atoms with Crippen LogP contribution in [0.4, 0.5) is 0 Å². The number of allylic oxidation sites excluding steroid dienone is 1. The van der Waals surface area contributed by atoms with Gasteiger partial charge in [-0.05, 0) is 17.0 Å². The monoisotopic (exact) mass is 344 g/mol. The average molecular weight is 345 g/mol. The normalized spacial score (nSPS) is 12.5. The van der Waals surface area contributed by atoms with Crippen molar-refractivity contribution in [1.82, 2.24) is 0 Å². The quantitative estimate of drug-likeness (QED) is 0.245. The lowest BCUT2D eigenvalue weighted by Gasteiger charge is -2.37. The van der Waals surface area contributed by atoms with Crippen molar-refractivity contribution < 1.29 is 14.3 Å². The highest BCUT2D eigenvalue weighted by atomic mass is 28.3. The van der Waals surface area contributed by atoms with E-state index in [1.807, 2.05) is 43.3 Å². The van der Waals surface area contributed by atoms with Crippen LogP contribution in [0.2, 0.25) is 18.1 Å². The predicted molar refractivity (Wildman–Crippen MR) is 100 cm³/mol. The topological polar surface area (TPSA) is 62.7 Å². The first kappa shape index (κ1) is 20.1. The maximum atomic E-state index is 12.5. The van der Waals surface area contributed by atoms with E-state index < -0.39 is 14.0 Å². The van der Waals surface area contributed by atoms with Gasteiger partial charge in [-0.2, -0.15) is 4.79 Å². The van der Waals surface area contributed by atoms with Gasteiger partial charge in [0.05, 0.1) is 8.07 Å². The fourth-order valence-electron chi connectivity index (χ4n) is 2.25. The van der Waals surface area contributed by atoms with E-state index in [2.05, 4.69) is 38.7 Å². The largest absolute Gasteiger partial charge is 0.452 e. The van der Waals surface area contributed by atoms with Gasteiger partial charge in [-0.3, -0.25) is 0 Å². The number of carbonyl (C=O) groups is 1. The van der Waals surface area contributed by atoms with E-state index in [0.29, 0.717) is 0 Å². The zero-order valence-corrected chi connectivity index (χ0v) is 16.6. The van der Waals surface area contributed by atoms with E-state index >= 15 is 0 Å². The molecule has 0 amide bonds. The van der Waals surface area contributed by atoms with Crippen molar-refractivity contribution in [3.63, 3.8) is 0 Å². The maximum absolute atomic E-state index is 12.5. The Morgan fingerprint density at radius 2 is 1.83 bits per heavy atom. The number of hydrogen-bond acceptors (Lipinski definition) is 2. The Labute approximate surface area is 146 Å². The summed E-state index contributed by atoms with van der Waals surface area (Å²) >= 11 is 0. The van der Waals surface area contributed by atoms with Crippen LogP contribution in [-0.4, -0.2) is 24.5 Å². The molecule has 4 nitrogen and oxygen atoms in total. The Hall–Kier alpha value is -1.97. The Bertz CT molecular complexity index is 652. The van der Waals surface area contributed by atoms with E-state index in [-0.39, 0.29) is 17.4 Å². The Morgan fingerprint density at radius 1 is 1.25 bits per heavy atom. The Kier molecular flexibility index (Phi) is 6.88. The van der Waals surface area contributed by atoms with Gasteiger partial charge in [0.25, 0.3) is 0 Å². The molecule has 1 rings (SSSR count). The molecular weight excluding hydrogens is 316 g/mol. The molecule has 0 aliphatic heterocycles. The third-order valence-electron chi connectivity index (χ3n) is 4.72. The first-order valence-electron chi connectivity index (χ1n) is 8.29. The van der Waals surface area contributed by atoms with E-state index in [1.165, 1.54) is 0 Å². The highest BCUT2D eigenvalue weighted by Gasteiger charge is 2.45. The van der Waals surface area contributed by atoms with Gasteiger partial charge in [0.15, 0.2) is 0 Å². The van der Waals surface area contributed by atoms with E-state index in [0.717, 1.165) is 17.2 Å². The van der Waals surface area contributed by atoms with Crippen LogP contribution in [0.3, 0.4) is 0 Å². The Morgan fingerprint density at radius 3 is 2.29 bits per heavy atom. The van der Waals surface area contributed by atoms with Crippen LogP contribution in [0, 0.1) is 0 Å². The first-order valence-corrected chi connectivity index (χ1v) is 11.3. The lowest BCUT2D eigenvalue weighted by molar-refractivity contribution is -0.141. The zero-order chi connectivity index (χ0) is 18.4. The third kappa shape index (κ3) is 4.76. The van der Waals surface area contributed by atoms with Crippen LogP contribution in [-0.2, 0) is 16.1 Å². The maximum Gasteiger partial charge on any atom is 0.421 e. The summed E-state index contributed by atoms with van der Waals surface area (Å²) in [5.74, 6) is -0.578. The molecule has 1 aromatic carbocycles. The number of carbonyl (C=O) groups excluding carboxylic acids is 1. The molecule has 0 saturated carbocycles. The number of benzene rings is 1. The second-order valence-electron chi connectivity index (χ2n) is 7.41. The molecule has 0 heterocycles. The molecular formula is C19H28N2O2Si. The van der Waals surface area contributed by atoms with E-state index in [1.54, 1.807) is 0 Å². The molecule has 0 unspecified atom stereocenters. The molecule has 0 aliphatic carbocycles. The van der Waals surface area contributed by atoms with Crippen LogP contribution < -0.4 is 0 Å². The van der Waals surface area contributed by atoms with Gasteiger partial charge in [0.2, 0.25) is 0 Å². The van der Waals surface area contributed by atoms with E-state index in [9.17, 15) is 10.3 Å². The molecule has 0 bridgehead atoms. The first-order chi connectivity index (χ1) is 11.1. The molecule has 24 heavy (non-hydrogen) atoms. The summed E-state index contributed by atoms with van der Waals surface area (Å²) in [4.78, 5) is 15.8. The molecule has 0 aliphatic rings. The van der Waals surface area contributed by atoms with Crippen molar-refractivity contribution >= 4 is 19.8 Å². The zero-order valence-electron chi connectivity index (χ0n) is 15.6. The van der Waals surface area contributed by atoms with Gasteiger partial charge in [-0.1, -0.05) is 77.2 Å². The van der Waals surface area contributed by atoms with Crippen LogP contribution in [0.15, 0.2) is 41.6 Å². The summed E-state index contributed by atoms with van der Waals surface area (Å²) in [6.45, 7) is 13.0. The number of nitrogens with zero attached hydrogens (tertiary/aromatic N) is 2. The molecule has 0 radical (unpaired) electrons. The molecule has 1 aromatic rings. The van der Waals surface area contributed by atoms with Crippen molar-refractivity contribution in [2.45, 2.75) is 58.9 Å². The molecule has 0 aromatic heterocycles. The van der Waals surface area contributed by atoms with Gasteiger partial charge in [0, 0.05) is 5.20 Å². The van der Waals surface area contributed by atoms with E-state index in [4.69, 9.17) is 4.74 Å². The fourth-order valence-corrected chi connectivity index (χ4v) is 4.52. The Balaban J connectivity index is 3.06. The summed E-state index contributed by atoms with van der Waals surface area (Å²) in [6.07, 6.45) is 2.77. The van der Waals surface area contributed by atoms with Crippen molar-refractivity contribution in [2.75, 3.05) is 0 Å². The summed E-state index contributed by atoms with van der Waals surface area (Å²) in [7, 11) is -2.04. The summed E-state index contributed by atoms with van der Waals surface area (Å²) in [5.41, 5.74) is 10.4. The minimum atomic E-state index is -2.04. The number of rotatable bonds is 6.